The van der Waals surface area contributed by atoms with Crippen LogP contribution in [0, 0.1) is 6.92 Å². The van der Waals surface area contributed by atoms with Gasteiger partial charge in [-0.2, -0.15) is 5.10 Å². The minimum atomic E-state index is 0.730. The molecule has 0 aromatic heterocycles. The number of benzene rings is 2. The number of hydrazone groups is 1. The second-order valence-corrected chi connectivity index (χ2v) is 7.25. The van der Waals surface area contributed by atoms with Crippen molar-refractivity contribution in [2.45, 2.75) is 20.4 Å². The van der Waals surface area contributed by atoms with Crippen LogP contribution < -0.4 is 15.1 Å². The molecule has 1 aliphatic heterocycles. The Balaban J connectivity index is 1.75. The maximum atomic E-state index is 6.18. The molecule has 3 rings (SSSR count). The fourth-order valence-electron chi connectivity index (χ4n) is 3.12. The quantitative estimate of drug-likeness (QED) is 0.591. The van der Waals surface area contributed by atoms with Gasteiger partial charge in [-0.25, -0.2) is 0 Å². The van der Waals surface area contributed by atoms with Gasteiger partial charge in [-0.3, -0.25) is 5.43 Å². The van der Waals surface area contributed by atoms with Crippen molar-refractivity contribution in [3.63, 3.8) is 0 Å². The fourth-order valence-corrected chi connectivity index (χ4v) is 3.30. The van der Waals surface area contributed by atoms with Crippen LogP contribution in [0.2, 0.25) is 5.02 Å². The highest BCUT2D eigenvalue weighted by Crippen LogP contribution is 2.21. The van der Waals surface area contributed by atoms with E-state index >= 15 is 0 Å². The molecule has 6 heteroatoms. The predicted molar refractivity (Wildman–Crippen MR) is 110 cm³/mol. The van der Waals surface area contributed by atoms with E-state index in [9.17, 15) is 0 Å². The number of morpholine rings is 1. The van der Waals surface area contributed by atoms with Gasteiger partial charge >= 0.3 is 0 Å². The molecule has 2 N–H and O–H groups in total. The first-order valence-corrected chi connectivity index (χ1v) is 9.59. The summed E-state index contributed by atoms with van der Waals surface area (Å²) in [4.78, 5) is 1.51. The number of halogens is 1. The Morgan fingerprint density at radius 2 is 2.00 bits per heavy atom. The van der Waals surface area contributed by atoms with Crippen LogP contribution in [0.15, 0.2) is 41.5 Å². The number of rotatable bonds is 6. The van der Waals surface area contributed by atoms with Gasteiger partial charge in [0.05, 0.1) is 31.7 Å². The largest absolute Gasteiger partial charge is 0.496 e. The van der Waals surface area contributed by atoms with Crippen LogP contribution in [0.1, 0.15) is 23.6 Å². The molecule has 27 heavy (non-hydrogen) atoms. The maximum Gasteiger partial charge on any atom is 0.127 e. The smallest absolute Gasteiger partial charge is 0.127 e. The Labute approximate surface area is 165 Å². The van der Waals surface area contributed by atoms with E-state index in [1.54, 1.807) is 7.11 Å². The number of methoxy groups -OCH3 is 1. The second-order valence-electron chi connectivity index (χ2n) is 6.84. The summed E-state index contributed by atoms with van der Waals surface area (Å²) in [6, 6.07) is 12.1. The summed E-state index contributed by atoms with van der Waals surface area (Å²) < 4.78 is 11.0. The molecule has 1 heterocycles. The monoisotopic (exact) mass is 388 g/mol. The zero-order chi connectivity index (χ0) is 19.2. The summed E-state index contributed by atoms with van der Waals surface area (Å²) in [5.74, 6) is 0.920. The van der Waals surface area contributed by atoms with Crippen molar-refractivity contribution >= 4 is 23.0 Å². The third-order valence-electron chi connectivity index (χ3n) is 4.86. The standard InChI is InChI=1S/C21H26ClN3O2/c1-15-4-6-19(13-20(15)22)24-23-16(2)17-5-7-21(26-3)18(12-17)14-25-8-10-27-11-9-25/h4-7,12-13,24H,8-11,14H2,1-3H3/p+1/b23-16-. The van der Waals surface area contributed by atoms with E-state index in [0.717, 1.165) is 66.1 Å². The molecule has 1 fully saturated rings. The number of nitrogens with one attached hydrogen (secondary N) is 2. The first-order valence-electron chi connectivity index (χ1n) is 9.22. The number of hydrogen-bond donors (Lipinski definition) is 2. The van der Waals surface area contributed by atoms with Crippen molar-refractivity contribution in [1.82, 2.24) is 0 Å². The number of ether oxygens (including phenoxy) is 2. The van der Waals surface area contributed by atoms with Crippen LogP contribution in [0.25, 0.3) is 0 Å². The van der Waals surface area contributed by atoms with E-state index in [1.165, 1.54) is 10.5 Å². The van der Waals surface area contributed by atoms with Crippen molar-refractivity contribution in [1.29, 1.82) is 0 Å². The molecule has 0 aliphatic carbocycles. The Hall–Kier alpha value is -2.08. The van der Waals surface area contributed by atoms with Gasteiger partial charge in [0.25, 0.3) is 0 Å². The second kappa shape index (κ2) is 9.22. The van der Waals surface area contributed by atoms with E-state index in [1.807, 2.05) is 44.2 Å². The zero-order valence-corrected chi connectivity index (χ0v) is 16.9. The lowest BCUT2D eigenvalue weighted by Crippen LogP contribution is -3.12. The highest BCUT2D eigenvalue weighted by atomic mass is 35.5. The van der Waals surface area contributed by atoms with Crippen molar-refractivity contribution in [3.05, 3.63) is 58.1 Å². The van der Waals surface area contributed by atoms with Crippen LogP contribution >= 0.6 is 11.6 Å². The molecule has 144 valence electrons. The molecule has 1 saturated heterocycles. The molecule has 1 aliphatic rings. The molecule has 2 aromatic rings. The topological polar surface area (TPSA) is 47.3 Å². The molecule has 5 nitrogen and oxygen atoms in total. The average Bonchev–Trinajstić information content (AvgIpc) is 2.69. The predicted octanol–water partition coefficient (Wildman–Crippen LogP) is 2.91. The highest BCUT2D eigenvalue weighted by Gasteiger charge is 2.17. The number of anilines is 1. The first-order chi connectivity index (χ1) is 13.1. The number of nitrogens with zero attached hydrogens (tertiary/aromatic N) is 1. The van der Waals surface area contributed by atoms with Gasteiger partial charge in [-0.05, 0) is 55.3 Å². The summed E-state index contributed by atoms with van der Waals surface area (Å²) in [7, 11) is 1.72. The van der Waals surface area contributed by atoms with Gasteiger partial charge in [0, 0.05) is 10.6 Å². The van der Waals surface area contributed by atoms with E-state index in [4.69, 9.17) is 21.1 Å². The van der Waals surface area contributed by atoms with Gasteiger partial charge in [0.1, 0.15) is 25.4 Å². The molecule has 0 unspecified atom stereocenters. The van der Waals surface area contributed by atoms with Crippen LogP contribution in [0.3, 0.4) is 0 Å². The van der Waals surface area contributed by atoms with E-state index in [0.29, 0.717) is 0 Å². The first kappa shape index (κ1) is 19.7. The molecule has 2 aromatic carbocycles. The normalized spacial score (nSPS) is 15.6. The van der Waals surface area contributed by atoms with E-state index in [-0.39, 0.29) is 0 Å². The van der Waals surface area contributed by atoms with E-state index < -0.39 is 0 Å². The van der Waals surface area contributed by atoms with Crippen molar-refractivity contribution in [2.75, 3.05) is 38.8 Å². The van der Waals surface area contributed by atoms with Gasteiger partial charge in [-0.15, -0.1) is 0 Å². The van der Waals surface area contributed by atoms with Crippen molar-refractivity contribution in [3.8, 4) is 5.75 Å². The summed E-state index contributed by atoms with van der Waals surface area (Å²) in [5.41, 5.74) is 8.19. The molecular formula is C21H27ClN3O2+. The number of hydrogen-bond acceptors (Lipinski definition) is 4. The Morgan fingerprint density at radius 1 is 1.22 bits per heavy atom. The summed E-state index contributed by atoms with van der Waals surface area (Å²) in [6.45, 7) is 8.59. The minimum absolute atomic E-state index is 0.730. The Morgan fingerprint density at radius 3 is 2.70 bits per heavy atom. The maximum absolute atomic E-state index is 6.18. The Kier molecular flexibility index (Phi) is 6.72. The van der Waals surface area contributed by atoms with Gasteiger partial charge < -0.3 is 14.4 Å². The van der Waals surface area contributed by atoms with Gasteiger partial charge in [0.15, 0.2) is 0 Å². The Bertz CT molecular complexity index is 817. The van der Waals surface area contributed by atoms with Crippen LogP contribution in [0.4, 0.5) is 5.69 Å². The molecule has 0 spiro atoms. The van der Waals surface area contributed by atoms with Crippen LogP contribution in [-0.2, 0) is 11.3 Å². The van der Waals surface area contributed by atoms with Gasteiger partial charge in [0.2, 0.25) is 0 Å². The average molecular weight is 389 g/mol. The third-order valence-corrected chi connectivity index (χ3v) is 5.27. The molecular weight excluding hydrogens is 362 g/mol. The minimum Gasteiger partial charge on any atom is -0.496 e. The van der Waals surface area contributed by atoms with Crippen molar-refractivity contribution < 1.29 is 14.4 Å². The zero-order valence-electron chi connectivity index (χ0n) is 16.1. The lowest BCUT2D eigenvalue weighted by Gasteiger charge is -2.24. The highest BCUT2D eigenvalue weighted by molar-refractivity contribution is 6.31. The molecule has 0 radical (unpaired) electrons. The molecule has 0 saturated carbocycles. The molecule has 0 amide bonds. The summed E-state index contributed by atoms with van der Waals surface area (Å²) in [6.07, 6.45) is 0. The summed E-state index contributed by atoms with van der Waals surface area (Å²) >= 11 is 6.18. The number of quaternary nitrogens is 1. The van der Waals surface area contributed by atoms with Crippen LogP contribution in [0.5, 0.6) is 5.75 Å². The van der Waals surface area contributed by atoms with E-state index in [2.05, 4.69) is 16.6 Å². The summed E-state index contributed by atoms with van der Waals surface area (Å²) in [5, 5.41) is 5.25. The lowest BCUT2D eigenvalue weighted by molar-refractivity contribution is -0.921. The van der Waals surface area contributed by atoms with Crippen LogP contribution in [-0.4, -0.2) is 39.1 Å². The molecule has 0 bridgehead atoms. The van der Waals surface area contributed by atoms with Crippen molar-refractivity contribution in [2.24, 2.45) is 5.10 Å². The third kappa shape index (κ3) is 5.22. The number of aryl methyl sites for hydroxylation is 1. The lowest BCUT2D eigenvalue weighted by atomic mass is 10.1. The van der Waals surface area contributed by atoms with Gasteiger partial charge in [-0.1, -0.05) is 17.7 Å². The fraction of sp³-hybridized carbons (Fsp3) is 0.381. The molecule has 0 atom stereocenters. The SMILES string of the molecule is COc1ccc(/C(C)=N\Nc2ccc(C)c(Cl)c2)cc1C[NH+]1CCOCC1.